The molecule has 0 spiro atoms. The number of nitrogens with zero attached hydrogens (tertiary/aromatic N) is 2. The molecule has 0 aliphatic carbocycles. The fourth-order valence-corrected chi connectivity index (χ4v) is 2.61. The van der Waals surface area contributed by atoms with Gasteiger partial charge in [-0.2, -0.15) is 0 Å². The van der Waals surface area contributed by atoms with E-state index in [0.717, 1.165) is 12.2 Å². The summed E-state index contributed by atoms with van der Waals surface area (Å²) in [6, 6.07) is 5.96. The largest absolute Gasteiger partial charge is 0.477 e. The van der Waals surface area contributed by atoms with Gasteiger partial charge in [-0.05, 0) is 33.0 Å². The van der Waals surface area contributed by atoms with E-state index in [4.69, 9.17) is 5.11 Å². The Kier molecular flexibility index (Phi) is 4.69. The lowest BCUT2D eigenvalue weighted by atomic mass is 9.96. The molecule has 0 bridgehead atoms. The number of hydrazine groups is 1. The van der Waals surface area contributed by atoms with Crippen molar-refractivity contribution in [1.82, 2.24) is 20.7 Å². The van der Waals surface area contributed by atoms with Crippen LogP contribution in [0.4, 0.5) is 0 Å². The third kappa shape index (κ3) is 3.53. The van der Waals surface area contributed by atoms with E-state index in [2.05, 4.69) is 34.6 Å². The van der Waals surface area contributed by atoms with Crippen molar-refractivity contribution in [3.05, 3.63) is 29.6 Å². The van der Waals surface area contributed by atoms with Crippen molar-refractivity contribution in [3.63, 3.8) is 0 Å². The molecule has 110 valence electrons. The molecule has 6 nitrogen and oxygen atoms in total. The third-order valence-corrected chi connectivity index (χ3v) is 3.80. The van der Waals surface area contributed by atoms with Gasteiger partial charge < -0.3 is 10.0 Å². The Morgan fingerprint density at radius 2 is 2.00 bits per heavy atom. The van der Waals surface area contributed by atoms with Crippen LogP contribution in [0.2, 0.25) is 0 Å². The van der Waals surface area contributed by atoms with Crippen molar-refractivity contribution in [3.8, 4) is 0 Å². The van der Waals surface area contributed by atoms with Gasteiger partial charge in [0.2, 0.25) is 0 Å². The molecular weight excluding hydrogens is 256 g/mol. The molecule has 20 heavy (non-hydrogen) atoms. The molecule has 1 saturated heterocycles. The Bertz CT molecular complexity index is 470. The molecule has 0 aromatic carbocycles. The van der Waals surface area contributed by atoms with E-state index in [1.165, 1.54) is 6.07 Å². The van der Waals surface area contributed by atoms with Crippen LogP contribution in [0.25, 0.3) is 0 Å². The number of pyridine rings is 1. The van der Waals surface area contributed by atoms with E-state index in [1.54, 1.807) is 6.07 Å². The molecule has 1 aliphatic heterocycles. The van der Waals surface area contributed by atoms with Crippen LogP contribution < -0.4 is 10.9 Å². The Labute approximate surface area is 119 Å². The van der Waals surface area contributed by atoms with E-state index in [1.807, 2.05) is 13.1 Å². The summed E-state index contributed by atoms with van der Waals surface area (Å²) in [5, 5.41) is 8.95. The highest BCUT2D eigenvalue weighted by Crippen LogP contribution is 2.16. The van der Waals surface area contributed by atoms with E-state index in [-0.39, 0.29) is 5.69 Å². The predicted molar refractivity (Wildman–Crippen MR) is 76.2 cm³/mol. The summed E-state index contributed by atoms with van der Waals surface area (Å²) in [4.78, 5) is 17.2. The van der Waals surface area contributed by atoms with Gasteiger partial charge in [0, 0.05) is 31.1 Å². The summed E-state index contributed by atoms with van der Waals surface area (Å²) in [6.45, 7) is 5.91. The number of aromatic carboxylic acids is 1. The standard InChI is InChI=1S/C14H22N4O2/c1-9-12(10(2)17-16-9)8-18(3)7-11-5-4-6-13(15-11)14(19)20/h4-6,9-10,12,16-17H,7-8H2,1-3H3,(H,19,20). The molecule has 3 N–H and O–H groups in total. The molecule has 1 aromatic heterocycles. The highest BCUT2D eigenvalue weighted by molar-refractivity contribution is 5.85. The van der Waals surface area contributed by atoms with Gasteiger partial charge >= 0.3 is 5.97 Å². The normalized spacial score (nSPS) is 26.1. The first-order valence-corrected chi connectivity index (χ1v) is 6.86. The molecule has 0 radical (unpaired) electrons. The molecule has 2 rings (SSSR count). The van der Waals surface area contributed by atoms with Crippen LogP contribution in [0.3, 0.4) is 0 Å². The Balaban J connectivity index is 1.96. The zero-order valence-corrected chi connectivity index (χ0v) is 12.1. The van der Waals surface area contributed by atoms with Crippen LogP contribution in [-0.2, 0) is 6.54 Å². The molecule has 0 saturated carbocycles. The van der Waals surface area contributed by atoms with Gasteiger partial charge in [-0.15, -0.1) is 0 Å². The van der Waals surface area contributed by atoms with Crippen LogP contribution in [0, 0.1) is 5.92 Å². The minimum absolute atomic E-state index is 0.0989. The lowest BCUT2D eigenvalue weighted by molar-refractivity contribution is 0.0690. The first-order valence-electron chi connectivity index (χ1n) is 6.86. The van der Waals surface area contributed by atoms with E-state index in [0.29, 0.717) is 24.5 Å². The summed E-state index contributed by atoms with van der Waals surface area (Å²) in [6.07, 6.45) is 0. The van der Waals surface area contributed by atoms with Crippen LogP contribution >= 0.6 is 0 Å². The van der Waals surface area contributed by atoms with E-state index >= 15 is 0 Å². The van der Waals surface area contributed by atoms with Gasteiger partial charge in [0.25, 0.3) is 0 Å². The van der Waals surface area contributed by atoms with Crippen molar-refractivity contribution in [1.29, 1.82) is 0 Å². The molecule has 1 aromatic rings. The number of carbonyl (C=O) groups is 1. The van der Waals surface area contributed by atoms with Crippen LogP contribution in [0.5, 0.6) is 0 Å². The first-order chi connectivity index (χ1) is 9.47. The minimum atomic E-state index is -0.985. The molecule has 2 unspecified atom stereocenters. The number of carboxylic acid groups (broad SMARTS) is 1. The summed E-state index contributed by atoms with van der Waals surface area (Å²) in [7, 11) is 2.03. The number of rotatable bonds is 5. The van der Waals surface area contributed by atoms with Gasteiger partial charge in [-0.25, -0.2) is 9.78 Å². The third-order valence-electron chi connectivity index (χ3n) is 3.80. The van der Waals surface area contributed by atoms with E-state index < -0.39 is 5.97 Å². The Hall–Kier alpha value is -1.50. The fourth-order valence-electron chi connectivity index (χ4n) is 2.61. The predicted octanol–water partition coefficient (Wildman–Crippen LogP) is 0.713. The highest BCUT2D eigenvalue weighted by atomic mass is 16.4. The zero-order chi connectivity index (χ0) is 14.7. The van der Waals surface area contributed by atoms with Crippen molar-refractivity contribution in [2.75, 3.05) is 13.6 Å². The highest BCUT2D eigenvalue weighted by Gasteiger charge is 2.30. The molecule has 0 amide bonds. The topological polar surface area (TPSA) is 77.5 Å². The minimum Gasteiger partial charge on any atom is -0.477 e. The van der Waals surface area contributed by atoms with Gasteiger partial charge in [-0.3, -0.25) is 10.9 Å². The van der Waals surface area contributed by atoms with Crippen LogP contribution in [0.1, 0.15) is 30.0 Å². The van der Waals surface area contributed by atoms with Gasteiger partial charge in [-0.1, -0.05) is 6.07 Å². The zero-order valence-electron chi connectivity index (χ0n) is 12.1. The second-order valence-electron chi connectivity index (χ2n) is 5.55. The number of carboxylic acids is 1. The number of nitrogens with one attached hydrogen (secondary N) is 2. The van der Waals surface area contributed by atoms with Crippen molar-refractivity contribution >= 4 is 5.97 Å². The lowest BCUT2D eigenvalue weighted by Gasteiger charge is -2.25. The van der Waals surface area contributed by atoms with Crippen molar-refractivity contribution in [2.45, 2.75) is 32.5 Å². The SMILES string of the molecule is CC1NNC(C)C1CN(C)Cc1cccc(C(=O)O)n1. The Morgan fingerprint density at radius 3 is 2.60 bits per heavy atom. The average Bonchev–Trinajstić information content (AvgIpc) is 2.71. The maximum Gasteiger partial charge on any atom is 0.354 e. The molecule has 2 atom stereocenters. The number of hydrogen-bond donors (Lipinski definition) is 3. The molecule has 2 heterocycles. The fraction of sp³-hybridized carbons (Fsp3) is 0.571. The van der Waals surface area contributed by atoms with E-state index in [9.17, 15) is 4.79 Å². The first kappa shape index (κ1) is 14.9. The van der Waals surface area contributed by atoms with Gasteiger partial charge in [0.05, 0.1) is 5.69 Å². The van der Waals surface area contributed by atoms with Crippen LogP contribution in [0.15, 0.2) is 18.2 Å². The van der Waals surface area contributed by atoms with Crippen LogP contribution in [-0.4, -0.2) is 46.6 Å². The van der Waals surface area contributed by atoms with Crippen molar-refractivity contribution < 1.29 is 9.90 Å². The smallest absolute Gasteiger partial charge is 0.354 e. The quantitative estimate of drug-likeness (QED) is 0.736. The number of hydrogen-bond acceptors (Lipinski definition) is 5. The summed E-state index contributed by atoms with van der Waals surface area (Å²) >= 11 is 0. The maximum atomic E-state index is 10.9. The summed E-state index contributed by atoms with van der Waals surface area (Å²) in [5.41, 5.74) is 7.37. The van der Waals surface area contributed by atoms with Crippen molar-refractivity contribution in [2.24, 2.45) is 5.92 Å². The lowest BCUT2D eigenvalue weighted by Crippen LogP contribution is -2.35. The van der Waals surface area contributed by atoms with Gasteiger partial charge in [0.1, 0.15) is 5.69 Å². The second kappa shape index (κ2) is 6.30. The monoisotopic (exact) mass is 278 g/mol. The summed E-state index contributed by atoms with van der Waals surface area (Å²) in [5.74, 6) is -0.469. The maximum absolute atomic E-state index is 10.9. The average molecular weight is 278 g/mol. The Morgan fingerprint density at radius 1 is 1.35 bits per heavy atom. The molecule has 1 aliphatic rings. The molecule has 1 fully saturated rings. The molecule has 6 heteroatoms. The molecular formula is C14H22N4O2. The summed E-state index contributed by atoms with van der Waals surface area (Å²) < 4.78 is 0. The second-order valence-corrected chi connectivity index (χ2v) is 5.55. The number of aromatic nitrogens is 1. The van der Waals surface area contributed by atoms with Gasteiger partial charge in [0.15, 0.2) is 0 Å².